The summed E-state index contributed by atoms with van der Waals surface area (Å²) in [4.78, 5) is 24.1. The van der Waals surface area contributed by atoms with Gasteiger partial charge in [-0.05, 0) is 47.8 Å². The Kier molecular flexibility index (Phi) is 7.56. The van der Waals surface area contributed by atoms with Crippen molar-refractivity contribution in [1.82, 2.24) is 5.32 Å². The van der Waals surface area contributed by atoms with Gasteiger partial charge in [-0.1, -0.05) is 30.3 Å². The molecule has 0 radical (unpaired) electrons. The van der Waals surface area contributed by atoms with Crippen LogP contribution in [0.2, 0.25) is 0 Å². The van der Waals surface area contributed by atoms with Crippen LogP contribution in [-0.4, -0.2) is 43.5 Å². The lowest BCUT2D eigenvalue weighted by molar-refractivity contribution is -0.139. The highest BCUT2D eigenvalue weighted by atomic mass is 32.2. The lowest BCUT2D eigenvalue weighted by Gasteiger charge is -2.16. The minimum atomic E-state index is -2.62. The second-order valence-electron chi connectivity index (χ2n) is 5.55. The lowest BCUT2D eigenvalue weighted by atomic mass is 9.98. The molecule has 1 atom stereocenters. The van der Waals surface area contributed by atoms with Crippen molar-refractivity contribution in [3.8, 4) is 11.1 Å². The summed E-state index contributed by atoms with van der Waals surface area (Å²) in [5, 5.41) is 11.9. The summed E-state index contributed by atoms with van der Waals surface area (Å²) in [5.74, 6) is -1.06. The predicted octanol–water partition coefficient (Wildman–Crippen LogP) is 2.98. The van der Waals surface area contributed by atoms with E-state index >= 15 is 0 Å². The number of rotatable bonds is 8. The molecule has 0 aromatic heterocycles. The van der Waals surface area contributed by atoms with E-state index < -0.39 is 28.4 Å². The van der Waals surface area contributed by atoms with E-state index in [0.29, 0.717) is 23.3 Å². The van der Waals surface area contributed by atoms with Crippen molar-refractivity contribution in [2.75, 3.05) is 12.0 Å². The zero-order valence-electron chi connectivity index (χ0n) is 14.5. The molecular formula is C18H18N2O5S2. The topological polar surface area (TPSA) is 113 Å². The SMILES string of the molecule is CSCCC(NC(=O)c1ccc(N=S(=O)=O)cc1-c1ccccc1)C(=O)O. The van der Waals surface area contributed by atoms with E-state index in [1.807, 2.05) is 12.3 Å². The first-order valence-corrected chi connectivity index (χ1v) is 10.4. The number of amides is 1. The molecule has 0 aliphatic heterocycles. The third-order valence-electron chi connectivity index (χ3n) is 3.73. The van der Waals surface area contributed by atoms with Crippen LogP contribution in [0.25, 0.3) is 11.1 Å². The van der Waals surface area contributed by atoms with Crippen LogP contribution in [0.3, 0.4) is 0 Å². The van der Waals surface area contributed by atoms with Crippen molar-refractivity contribution in [1.29, 1.82) is 0 Å². The number of carboxylic acid groups (broad SMARTS) is 1. The second-order valence-corrected chi connectivity index (χ2v) is 7.15. The molecule has 0 fully saturated rings. The summed E-state index contributed by atoms with van der Waals surface area (Å²) in [6, 6.07) is 12.2. The first-order chi connectivity index (χ1) is 12.9. The van der Waals surface area contributed by atoms with Gasteiger partial charge in [0.25, 0.3) is 5.91 Å². The second kappa shape index (κ2) is 9.89. The van der Waals surface area contributed by atoms with Crippen LogP contribution in [0, 0.1) is 0 Å². The number of nitrogens with zero attached hydrogens (tertiary/aromatic N) is 1. The Hall–Kier alpha value is -2.65. The standard InChI is InChI=1S/C18H18N2O5S2/c1-26-10-9-16(18(22)23)19-17(21)14-8-7-13(20-27(24)25)11-15(14)12-5-3-2-4-6-12/h2-8,11,16H,9-10H2,1H3,(H,19,21)(H,22,23). The minimum Gasteiger partial charge on any atom is -0.480 e. The van der Waals surface area contributed by atoms with Gasteiger partial charge in [0.05, 0.1) is 5.69 Å². The number of carboxylic acids is 1. The van der Waals surface area contributed by atoms with Crippen molar-refractivity contribution < 1.29 is 23.1 Å². The van der Waals surface area contributed by atoms with Crippen LogP contribution >= 0.6 is 11.8 Å². The number of nitrogens with one attached hydrogen (secondary N) is 1. The van der Waals surface area contributed by atoms with E-state index in [0.717, 1.165) is 0 Å². The van der Waals surface area contributed by atoms with Crippen LogP contribution < -0.4 is 5.32 Å². The molecule has 1 amide bonds. The largest absolute Gasteiger partial charge is 0.480 e. The molecule has 2 aromatic carbocycles. The molecule has 7 nitrogen and oxygen atoms in total. The third-order valence-corrected chi connectivity index (χ3v) is 4.73. The van der Waals surface area contributed by atoms with Crippen molar-refractivity contribution in [2.45, 2.75) is 12.5 Å². The lowest BCUT2D eigenvalue weighted by Crippen LogP contribution is -2.41. The summed E-state index contributed by atoms with van der Waals surface area (Å²) in [5.41, 5.74) is 1.57. The van der Waals surface area contributed by atoms with Gasteiger partial charge in [0.15, 0.2) is 0 Å². The fourth-order valence-corrected chi connectivity index (χ4v) is 3.22. The third kappa shape index (κ3) is 5.93. The van der Waals surface area contributed by atoms with E-state index in [-0.39, 0.29) is 11.3 Å². The Bertz CT molecular complexity index is 951. The number of aliphatic carboxylic acids is 1. The highest BCUT2D eigenvalue weighted by molar-refractivity contribution is 7.98. The van der Waals surface area contributed by atoms with Gasteiger partial charge in [-0.2, -0.15) is 20.2 Å². The van der Waals surface area contributed by atoms with Crippen LogP contribution in [0.1, 0.15) is 16.8 Å². The summed E-state index contributed by atoms with van der Waals surface area (Å²) < 4.78 is 25.1. The maximum atomic E-state index is 12.7. The number of hydrogen-bond acceptors (Lipinski definition) is 6. The minimum absolute atomic E-state index is 0.177. The molecule has 0 saturated carbocycles. The molecule has 27 heavy (non-hydrogen) atoms. The molecule has 0 aliphatic rings. The van der Waals surface area contributed by atoms with Crippen LogP contribution in [0.15, 0.2) is 52.9 Å². The summed E-state index contributed by atoms with van der Waals surface area (Å²) in [6.07, 6.45) is 2.15. The highest BCUT2D eigenvalue weighted by Gasteiger charge is 2.22. The molecule has 0 aliphatic carbocycles. The summed E-state index contributed by atoms with van der Waals surface area (Å²) >= 11 is 1.49. The first kappa shape index (κ1) is 20.7. The molecule has 2 aromatic rings. The fourth-order valence-electron chi connectivity index (χ4n) is 2.46. The molecular weight excluding hydrogens is 388 g/mol. The maximum Gasteiger partial charge on any atom is 0.326 e. The van der Waals surface area contributed by atoms with Crippen molar-refractivity contribution >= 4 is 39.8 Å². The quantitative estimate of drug-likeness (QED) is 0.697. The zero-order chi connectivity index (χ0) is 19.8. The van der Waals surface area contributed by atoms with Gasteiger partial charge in [0.1, 0.15) is 6.04 Å². The predicted molar refractivity (Wildman–Crippen MR) is 105 cm³/mol. The normalized spacial score (nSPS) is 11.4. The van der Waals surface area contributed by atoms with Gasteiger partial charge < -0.3 is 10.4 Å². The van der Waals surface area contributed by atoms with E-state index in [1.165, 1.54) is 30.0 Å². The average molecular weight is 406 g/mol. The number of hydrogen-bond donors (Lipinski definition) is 2. The Balaban J connectivity index is 2.44. The molecule has 0 heterocycles. The van der Waals surface area contributed by atoms with Gasteiger partial charge >= 0.3 is 16.5 Å². The van der Waals surface area contributed by atoms with Crippen molar-refractivity contribution in [3.05, 3.63) is 54.1 Å². The van der Waals surface area contributed by atoms with Crippen LogP contribution in [-0.2, 0) is 15.3 Å². The highest BCUT2D eigenvalue weighted by Crippen LogP contribution is 2.28. The maximum absolute atomic E-state index is 12.7. The Morgan fingerprint density at radius 3 is 2.48 bits per heavy atom. The van der Waals surface area contributed by atoms with E-state index in [4.69, 9.17) is 0 Å². The van der Waals surface area contributed by atoms with Gasteiger partial charge in [0, 0.05) is 5.56 Å². The van der Waals surface area contributed by atoms with Crippen molar-refractivity contribution in [3.63, 3.8) is 0 Å². The molecule has 142 valence electrons. The Morgan fingerprint density at radius 1 is 1.19 bits per heavy atom. The molecule has 0 bridgehead atoms. The number of carbonyl (C=O) groups excluding carboxylic acids is 1. The molecule has 9 heteroatoms. The summed E-state index contributed by atoms with van der Waals surface area (Å²) in [6.45, 7) is 0. The monoisotopic (exact) mass is 406 g/mol. The van der Waals surface area contributed by atoms with E-state index in [2.05, 4.69) is 9.68 Å². The zero-order valence-corrected chi connectivity index (χ0v) is 16.1. The Morgan fingerprint density at radius 2 is 1.89 bits per heavy atom. The van der Waals surface area contributed by atoms with Gasteiger partial charge in [-0.25, -0.2) is 4.79 Å². The fraction of sp³-hybridized carbons (Fsp3) is 0.222. The molecule has 2 N–H and O–H groups in total. The van der Waals surface area contributed by atoms with E-state index in [9.17, 15) is 23.1 Å². The number of benzene rings is 2. The first-order valence-electron chi connectivity index (χ1n) is 7.95. The number of carbonyl (C=O) groups is 2. The van der Waals surface area contributed by atoms with E-state index in [1.54, 1.807) is 24.3 Å². The number of thioether (sulfide) groups is 1. The van der Waals surface area contributed by atoms with Crippen molar-refractivity contribution in [2.24, 2.45) is 4.36 Å². The average Bonchev–Trinajstić information content (AvgIpc) is 2.64. The molecule has 1 unspecified atom stereocenters. The molecule has 2 rings (SSSR count). The van der Waals surface area contributed by atoms with Gasteiger partial charge in [-0.3, -0.25) is 4.79 Å². The van der Waals surface area contributed by atoms with Crippen LogP contribution in [0.4, 0.5) is 5.69 Å². The van der Waals surface area contributed by atoms with Gasteiger partial charge in [0.2, 0.25) is 0 Å². The van der Waals surface area contributed by atoms with Crippen LogP contribution in [0.5, 0.6) is 0 Å². The molecule has 0 saturated heterocycles. The van der Waals surface area contributed by atoms with Gasteiger partial charge in [-0.15, -0.1) is 4.36 Å². The smallest absolute Gasteiger partial charge is 0.326 e. The summed E-state index contributed by atoms with van der Waals surface area (Å²) in [7, 11) is -2.62. The Labute approximate surface area is 162 Å². The molecule has 0 spiro atoms.